The average molecular weight is 181 g/mol. The van der Waals surface area contributed by atoms with Gasteiger partial charge in [0.15, 0.2) is 0 Å². The number of H-pyrrole nitrogens is 1. The Morgan fingerprint density at radius 2 is 2.46 bits per heavy atom. The number of rotatable bonds is 2. The Labute approximate surface area is 75.3 Å². The third kappa shape index (κ3) is 1.55. The van der Waals surface area contributed by atoms with Crippen LogP contribution in [0.4, 0.5) is 5.69 Å². The van der Waals surface area contributed by atoms with Gasteiger partial charge in [0.25, 0.3) is 5.56 Å². The van der Waals surface area contributed by atoms with Crippen molar-refractivity contribution in [2.24, 2.45) is 0 Å². The van der Waals surface area contributed by atoms with Crippen LogP contribution in [0.25, 0.3) is 0 Å². The lowest BCUT2D eigenvalue weighted by atomic mass is 10.1. The van der Waals surface area contributed by atoms with E-state index in [1.54, 1.807) is 19.4 Å². The van der Waals surface area contributed by atoms with Gasteiger partial charge >= 0.3 is 0 Å². The summed E-state index contributed by atoms with van der Waals surface area (Å²) in [4.78, 5) is 13.0. The number of anilines is 1. The quantitative estimate of drug-likeness (QED) is 0.674. The summed E-state index contributed by atoms with van der Waals surface area (Å²) >= 11 is 0. The molecule has 5 heteroatoms. The average Bonchev–Trinajstić information content (AvgIpc) is 2.02. The van der Waals surface area contributed by atoms with Crippen LogP contribution in [0.5, 0.6) is 0 Å². The largest absolute Gasteiger partial charge is 0.378 e. The highest BCUT2D eigenvalue weighted by molar-refractivity contribution is 5.45. The molecule has 0 spiro atoms. The molecule has 1 N–H and O–H groups in total. The SMILES string of the molecule is COC1CN(c2cn[nH]c(=O)c2)C1. The van der Waals surface area contributed by atoms with E-state index in [9.17, 15) is 4.79 Å². The minimum Gasteiger partial charge on any atom is -0.378 e. The molecule has 1 saturated heterocycles. The third-order valence-corrected chi connectivity index (χ3v) is 2.20. The number of ether oxygens (including phenoxy) is 1. The molecule has 0 saturated carbocycles. The molecule has 2 heterocycles. The second-order valence-corrected chi connectivity index (χ2v) is 3.07. The lowest BCUT2D eigenvalue weighted by Crippen LogP contribution is -2.52. The minimum absolute atomic E-state index is 0.168. The van der Waals surface area contributed by atoms with Crippen molar-refractivity contribution in [3.05, 3.63) is 22.6 Å². The summed E-state index contributed by atoms with van der Waals surface area (Å²) in [5.74, 6) is 0. The fourth-order valence-electron chi connectivity index (χ4n) is 1.34. The highest BCUT2D eigenvalue weighted by atomic mass is 16.5. The van der Waals surface area contributed by atoms with Gasteiger partial charge in [-0.2, -0.15) is 5.10 Å². The van der Waals surface area contributed by atoms with E-state index in [0.717, 1.165) is 18.8 Å². The second kappa shape index (κ2) is 3.18. The van der Waals surface area contributed by atoms with Crippen LogP contribution in [0, 0.1) is 0 Å². The molecular formula is C8H11N3O2. The first-order valence-corrected chi connectivity index (χ1v) is 4.12. The van der Waals surface area contributed by atoms with Gasteiger partial charge in [-0.1, -0.05) is 0 Å². The fourth-order valence-corrected chi connectivity index (χ4v) is 1.34. The number of hydrogen-bond donors (Lipinski definition) is 1. The van der Waals surface area contributed by atoms with Crippen LogP contribution in [0.3, 0.4) is 0 Å². The van der Waals surface area contributed by atoms with E-state index in [2.05, 4.69) is 15.1 Å². The molecule has 0 atom stereocenters. The highest BCUT2D eigenvalue weighted by Gasteiger charge is 2.26. The molecule has 1 fully saturated rings. The lowest BCUT2D eigenvalue weighted by Gasteiger charge is -2.39. The van der Waals surface area contributed by atoms with Crippen molar-refractivity contribution in [1.29, 1.82) is 0 Å². The van der Waals surface area contributed by atoms with Crippen molar-refractivity contribution < 1.29 is 4.74 Å². The molecule has 0 unspecified atom stereocenters. The van der Waals surface area contributed by atoms with E-state index >= 15 is 0 Å². The minimum atomic E-state index is -0.168. The number of nitrogens with one attached hydrogen (secondary N) is 1. The Morgan fingerprint density at radius 3 is 3.08 bits per heavy atom. The van der Waals surface area contributed by atoms with Gasteiger partial charge in [0.2, 0.25) is 0 Å². The Hall–Kier alpha value is -1.36. The maximum absolute atomic E-state index is 10.9. The van der Waals surface area contributed by atoms with Gasteiger partial charge in [0, 0.05) is 26.3 Å². The Bertz CT molecular complexity index is 343. The van der Waals surface area contributed by atoms with Crippen molar-refractivity contribution in [3.63, 3.8) is 0 Å². The van der Waals surface area contributed by atoms with Crippen molar-refractivity contribution >= 4 is 5.69 Å². The molecule has 1 aliphatic heterocycles. The number of nitrogens with zero attached hydrogens (tertiary/aromatic N) is 2. The van der Waals surface area contributed by atoms with Crippen molar-refractivity contribution in [1.82, 2.24) is 10.2 Å². The molecule has 1 aromatic heterocycles. The van der Waals surface area contributed by atoms with Gasteiger partial charge in [-0.25, -0.2) is 5.10 Å². The zero-order valence-electron chi connectivity index (χ0n) is 7.36. The standard InChI is InChI=1S/C8H11N3O2/c1-13-7-4-11(5-7)6-2-8(12)10-9-3-6/h2-3,7H,4-5H2,1H3,(H,10,12). The zero-order chi connectivity index (χ0) is 9.26. The zero-order valence-corrected chi connectivity index (χ0v) is 7.36. The Morgan fingerprint density at radius 1 is 1.69 bits per heavy atom. The van der Waals surface area contributed by atoms with E-state index in [1.807, 2.05) is 0 Å². The van der Waals surface area contributed by atoms with Gasteiger partial charge in [0.1, 0.15) is 0 Å². The van der Waals surface area contributed by atoms with E-state index in [-0.39, 0.29) is 5.56 Å². The highest BCUT2D eigenvalue weighted by Crippen LogP contribution is 2.18. The molecular weight excluding hydrogens is 170 g/mol. The van der Waals surface area contributed by atoms with Crippen molar-refractivity contribution in [2.45, 2.75) is 6.10 Å². The van der Waals surface area contributed by atoms with Crippen LogP contribution >= 0.6 is 0 Å². The summed E-state index contributed by atoms with van der Waals surface area (Å²) in [5.41, 5.74) is 0.690. The fraction of sp³-hybridized carbons (Fsp3) is 0.500. The molecule has 0 aliphatic carbocycles. The summed E-state index contributed by atoms with van der Waals surface area (Å²) in [5, 5.41) is 6.05. The van der Waals surface area contributed by atoms with Crippen LogP contribution in [0.1, 0.15) is 0 Å². The normalized spacial score (nSPS) is 17.2. The van der Waals surface area contributed by atoms with Crippen LogP contribution in [-0.4, -0.2) is 36.5 Å². The monoisotopic (exact) mass is 181 g/mol. The predicted octanol–water partition coefficient (Wildman–Crippen LogP) is -0.395. The summed E-state index contributed by atoms with van der Waals surface area (Å²) in [6.45, 7) is 1.67. The van der Waals surface area contributed by atoms with E-state index < -0.39 is 0 Å². The number of hydrogen-bond acceptors (Lipinski definition) is 4. The van der Waals surface area contributed by atoms with Gasteiger partial charge in [0.05, 0.1) is 18.0 Å². The van der Waals surface area contributed by atoms with Crippen LogP contribution in [-0.2, 0) is 4.74 Å². The van der Waals surface area contributed by atoms with Crippen molar-refractivity contribution in [2.75, 3.05) is 25.1 Å². The maximum atomic E-state index is 10.9. The molecule has 0 amide bonds. The van der Waals surface area contributed by atoms with Gasteiger partial charge < -0.3 is 9.64 Å². The molecule has 13 heavy (non-hydrogen) atoms. The molecule has 1 aromatic rings. The summed E-state index contributed by atoms with van der Waals surface area (Å²) in [6, 6.07) is 1.54. The van der Waals surface area contributed by atoms with Crippen molar-refractivity contribution in [3.8, 4) is 0 Å². The smallest absolute Gasteiger partial charge is 0.266 e. The van der Waals surface area contributed by atoms with Gasteiger partial charge in [-0.15, -0.1) is 0 Å². The molecule has 2 rings (SSSR count). The summed E-state index contributed by atoms with van der Waals surface area (Å²) in [6.07, 6.45) is 1.94. The van der Waals surface area contributed by atoms with Crippen LogP contribution in [0.15, 0.2) is 17.1 Å². The predicted molar refractivity (Wildman–Crippen MR) is 47.9 cm³/mol. The van der Waals surface area contributed by atoms with Crippen LogP contribution in [0.2, 0.25) is 0 Å². The first-order valence-electron chi connectivity index (χ1n) is 4.12. The molecule has 1 aliphatic rings. The van der Waals surface area contributed by atoms with Crippen LogP contribution < -0.4 is 10.5 Å². The molecule has 0 radical (unpaired) electrons. The first kappa shape index (κ1) is 8.25. The molecule has 0 bridgehead atoms. The molecule has 5 nitrogen and oxygen atoms in total. The van der Waals surface area contributed by atoms with E-state index in [0.29, 0.717) is 6.10 Å². The van der Waals surface area contributed by atoms with E-state index in [4.69, 9.17) is 4.74 Å². The van der Waals surface area contributed by atoms with Gasteiger partial charge in [-0.05, 0) is 0 Å². The Balaban J connectivity index is 2.07. The molecule has 0 aromatic carbocycles. The van der Waals surface area contributed by atoms with E-state index in [1.165, 1.54) is 0 Å². The van der Waals surface area contributed by atoms with Gasteiger partial charge in [-0.3, -0.25) is 4.79 Å². The number of aromatic amines is 1. The topological polar surface area (TPSA) is 58.2 Å². The third-order valence-electron chi connectivity index (χ3n) is 2.20. The summed E-state index contributed by atoms with van der Waals surface area (Å²) < 4.78 is 5.12. The number of methoxy groups -OCH3 is 1. The lowest BCUT2D eigenvalue weighted by molar-refractivity contribution is 0.0787. The first-order chi connectivity index (χ1) is 6.29. The maximum Gasteiger partial charge on any atom is 0.266 e. The Kier molecular flexibility index (Phi) is 2.02. The molecule has 70 valence electrons. The number of aromatic nitrogens is 2. The summed E-state index contributed by atoms with van der Waals surface area (Å²) in [7, 11) is 1.69. The second-order valence-electron chi connectivity index (χ2n) is 3.07.